The van der Waals surface area contributed by atoms with Gasteiger partial charge in [0.15, 0.2) is 0 Å². The van der Waals surface area contributed by atoms with Crippen molar-refractivity contribution in [1.29, 1.82) is 0 Å². The van der Waals surface area contributed by atoms with Crippen LogP contribution in [-0.4, -0.2) is 8.42 Å². The number of hydrogen-bond acceptors (Lipinski definition) is 4. The SMILES string of the molecule is Cc1cc(S(=O)(=O)Nc2ccc(N)c(C)c2)c(C)s1. The van der Waals surface area contributed by atoms with Crippen LogP contribution in [0.5, 0.6) is 0 Å². The van der Waals surface area contributed by atoms with Gasteiger partial charge in [-0.15, -0.1) is 11.3 Å². The van der Waals surface area contributed by atoms with E-state index >= 15 is 0 Å². The lowest BCUT2D eigenvalue weighted by molar-refractivity contribution is 0.601. The zero-order chi connectivity index (χ0) is 14.2. The summed E-state index contributed by atoms with van der Waals surface area (Å²) in [6.45, 7) is 5.54. The normalized spacial score (nSPS) is 11.5. The van der Waals surface area contributed by atoms with Gasteiger partial charge in [-0.25, -0.2) is 8.42 Å². The number of anilines is 2. The first-order valence-electron chi connectivity index (χ1n) is 5.75. The number of nitrogens with one attached hydrogen (secondary N) is 1. The minimum Gasteiger partial charge on any atom is -0.399 e. The molecule has 0 radical (unpaired) electrons. The van der Waals surface area contributed by atoms with E-state index in [0.29, 0.717) is 16.3 Å². The lowest BCUT2D eigenvalue weighted by atomic mass is 10.2. The molecule has 0 fully saturated rings. The molecule has 0 saturated carbocycles. The molecule has 0 saturated heterocycles. The number of rotatable bonds is 3. The highest BCUT2D eigenvalue weighted by atomic mass is 32.2. The number of hydrogen-bond donors (Lipinski definition) is 2. The zero-order valence-corrected chi connectivity index (χ0v) is 12.7. The molecule has 0 spiro atoms. The van der Waals surface area contributed by atoms with Crippen molar-refractivity contribution in [3.8, 4) is 0 Å². The molecule has 0 unspecified atom stereocenters. The van der Waals surface area contributed by atoms with Crippen LogP contribution in [0.2, 0.25) is 0 Å². The summed E-state index contributed by atoms with van der Waals surface area (Å²) in [5.41, 5.74) is 7.73. The van der Waals surface area contributed by atoms with E-state index in [4.69, 9.17) is 5.73 Å². The first kappa shape index (κ1) is 13.9. The highest BCUT2D eigenvalue weighted by Gasteiger charge is 2.19. The van der Waals surface area contributed by atoms with Gasteiger partial charge in [-0.05, 0) is 50.6 Å². The van der Waals surface area contributed by atoms with Crippen LogP contribution in [0.4, 0.5) is 11.4 Å². The summed E-state index contributed by atoms with van der Waals surface area (Å²) in [7, 11) is -3.53. The largest absolute Gasteiger partial charge is 0.399 e. The quantitative estimate of drug-likeness (QED) is 0.855. The fourth-order valence-corrected chi connectivity index (χ4v) is 4.43. The van der Waals surface area contributed by atoms with Crippen molar-refractivity contribution in [2.24, 2.45) is 0 Å². The van der Waals surface area contributed by atoms with Gasteiger partial charge in [0.25, 0.3) is 10.0 Å². The Hall–Kier alpha value is -1.53. The number of thiophene rings is 1. The van der Waals surface area contributed by atoms with Gasteiger partial charge < -0.3 is 5.73 Å². The number of nitrogen functional groups attached to an aromatic ring is 1. The molecule has 3 N–H and O–H groups in total. The van der Waals surface area contributed by atoms with Crippen LogP contribution < -0.4 is 10.5 Å². The smallest absolute Gasteiger partial charge is 0.262 e. The van der Waals surface area contributed by atoms with Crippen molar-refractivity contribution in [1.82, 2.24) is 0 Å². The molecule has 102 valence electrons. The fraction of sp³-hybridized carbons (Fsp3) is 0.231. The Balaban J connectivity index is 2.36. The minimum atomic E-state index is -3.53. The lowest BCUT2D eigenvalue weighted by Gasteiger charge is -2.09. The van der Waals surface area contributed by atoms with Crippen molar-refractivity contribution >= 4 is 32.7 Å². The predicted molar refractivity (Wildman–Crippen MR) is 80.2 cm³/mol. The monoisotopic (exact) mass is 296 g/mol. The van der Waals surface area contributed by atoms with E-state index in [1.165, 1.54) is 11.3 Å². The van der Waals surface area contributed by atoms with E-state index in [1.807, 2.05) is 13.8 Å². The average Bonchev–Trinajstić information content (AvgIpc) is 2.63. The van der Waals surface area contributed by atoms with Gasteiger partial charge in [-0.3, -0.25) is 4.72 Å². The number of benzene rings is 1. The Labute approximate surface area is 117 Å². The van der Waals surface area contributed by atoms with Crippen LogP contribution in [0.25, 0.3) is 0 Å². The first-order chi connectivity index (χ1) is 8.79. The summed E-state index contributed by atoms with van der Waals surface area (Å²) >= 11 is 1.47. The van der Waals surface area contributed by atoms with Crippen LogP contribution in [0, 0.1) is 20.8 Å². The molecular weight excluding hydrogens is 280 g/mol. The Kier molecular flexibility index (Phi) is 3.56. The Bertz CT molecular complexity index is 718. The molecule has 0 aliphatic carbocycles. The van der Waals surface area contributed by atoms with Gasteiger partial charge >= 0.3 is 0 Å². The third-order valence-corrected chi connectivity index (χ3v) is 5.41. The van der Waals surface area contributed by atoms with E-state index in [-0.39, 0.29) is 0 Å². The van der Waals surface area contributed by atoms with Gasteiger partial charge in [0.05, 0.1) is 0 Å². The zero-order valence-electron chi connectivity index (χ0n) is 11.0. The molecular formula is C13H16N2O2S2. The molecule has 0 atom stereocenters. The Morgan fingerprint density at radius 3 is 2.37 bits per heavy atom. The van der Waals surface area contributed by atoms with Crippen molar-refractivity contribution in [2.45, 2.75) is 25.7 Å². The molecule has 0 amide bonds. The Morgan fingerprint density at radius 2 is 1.84 bits per heavy atom. The van der Waals surface area contributed by atoms with Crippen LogP contribution in [-0.2, 0) is 10.0 Å². The first-order valence-corrected chi connectivity index (χ1v) is 8.05. The molecule has 0 bridgehead atoms. The van der Waals surface area contributed by atoms with Gasteiger partial charge in [-0.1, -0.05) is 0 Å². The van der Waals surface area contributed by atoms with Crippen LogP contribution >= 0.6 is 11.3 Å². The standard InChI is InChI=1S/C13H16N2O2S2/c1-8-6-11(4-5-12(8)14)15-19(16,17)13-7-9(2)18-10(13)3/h4-7,15H,14H2,1-3H3. The molecule has 4 nitrogen and oxygen atoms in total. The van der Waals surface area contributed by atoms with Gasteiger partial charge in [0.1, 0.15) is 4.90 Å². The van der Waals surface area contributed by atoms with Crippen LogP contribution in [0.3, 0.4) is 0 Å². The summed E-state index contributed by atoms with van der Waals surface area (Å²) in [6.07, 6.45) is 0. The Morgan fingerprint density at radius 1 is 1.16 bits per heavy atom. The highest BCUT2D eigenvalue weighted by Crippen LogP contribution is 2.27. The summed E-state index contributed by atoms with van der Waals surface area (Å²) in [6, 6.07) is 6.77. The third kappa shape index (κ3) is 2.90. The second-order valence-electron chi connectivity index (χ2n) is 4.45. The molecule has 1 aromatic carbocycles. The summed E-state index contributed by atoms with van der Waals surface area (Å²) < 4.78 is 27.2. The van der Waals surface area contributed by atoms with Crippen molar-refractivity contribution < 1.29 is 8.42 Å². The predicted octanol–water partition coefficient (Wildman–Crippen LogP) is 3.06. The van der Waals surface area contributed by atoms with Gasteiger partial charge in [0.2, 0.25) is 0 Å². The molecule has 1 aromatic heterocycles. The maximum absolute atomic E-state index is 12.3. The number of aryl methyl sites for hydroxylation is 3. The van der Waals surface area contributed by atoms with Gasteiger partial charge in [-0.2, -0.15) is 0 Å². The average molecular weight is 296 g/mol. The number of nitrogens with two attached hydrogens (primary N) is 1. The molecule has 2 aromatic rings. The molecule has 6 heteroatoms. The van der Waals surface area contributed by atoms with E-state index < -0.39 is 10.0 Å². The van der Waals surface area contributed by atoms with E-state index in [2.05, 4.69) is 4.72 Å². The third-order valence-electron chi connectivity index (χ3n) is 2.81. The summed E-state index contributed by atoms with van der Waals surface area (Å²) in [4.78, 5) is 2.10. The molecule has 0 aliphatic heterocycles. The van der Waals surface area contributed by atoms with E-state index in [1.54, 1.807) is 31.2 Å². The molecule has 0 aliphatic rings. The van der Waals surface area contributed by atoms with Crippen LogP contribution in [0.15, 0.2) is 29.2 Å². The topological polar surface area (TPSA) is 72.2 Å². The second-order valence-corrected chi connectivity index (χ2v) is 7.57. The molecule has 19 heavy (non-hydrogen) atoms. The molecule has 2 rings (SSSR count). The molecule has 1 heterocycles. The van der Waals surface area contributed by atoms with E-state index in [9.17, 15) is 8.42 Å². The lowest BCUT2D eigenvalue weighted by Crippen LogP contribution is -2.13. The second kappa shape index (κ2) is 4.86. The summed E-state index contributed by atoms with van der Waals surface area (Å²) in [5, 5.41) is 0. The maximum atomic E-state index is 12.3. The van der Waals surface area contributed by atoms with Gasteiger partial charge in [0, 0.05) is 21.1 Å². The minimum absolute atomic E-state index is 0.337. The van der Waals surface area contributed by atoms with Crippen molar-refractivity contribution in [3.63, 3.8) is 0 Å². The van der Waals surface area contributed by atoms with Crippen molar-refractivity contribution in [3.05, 3.63) is 39.6 Å². The van der Waals surface area contributed by atoms with Crippen LogP contribution in [0.1, 0.15) is 15.3 Å². The highest BCUT2D eigenvalue weighted by molar-refractivity contribution is 7.93. The van der Waals surface area contributed by atoms with Crippen molar-refractivity contribution in [2.75, 3.05) is 10.5 Å². The number of sulfonamides is 1. The fourth-order valence-electron chi connectivity index (χ4n) is 1.82. The van der Waals surface area contributed by atoms with E-state index in [0.717, 1.165) is 15.3 Å². The maximum Gasteiger partial charge on any atom is 0.262 e. The summed E-state index contributed by atoms with van der Waals surface area (Å²) in [5.74, 6) is 0.